The molecule has 19 heavy (non-hydrogen) atoms. The number of likely N-dealkylation sites (tertiary alicyclic amines) is 1. The van der Waals surface area contributed by atoms with Crippen molar-refractivity contribution in [3.8, 4) is 5.75 Å². The summed E-state index contributed by atoms with van der Waals surface area (Å²) in [5.41, 5.74) is 6.13. The molecule has 1 aliphatic heterocycles. The largest absolute Gasteiger partial charge is 0.488 e. The second-order valence-corrected chi connectivity index (χ2v) is 4.33. The molecule has 1 aromatic carbocycles. The Bertz CT molecular complexity index is 465. The second-order valence-electron chi connectivity index (χ2n) is 4.33. The molecular formula is C12H14N2O5. The van der Waals surface area contributed by atoms with E-state index >= 15 is 0 Å². The Labute approximate surface area is 109 Å². The second kappa shape index (κ2) is 5.05. The molecule has 0 aliphatic carbocycles. The van der Waals surface area contributed by atoms with E-state index in [4.69, 9.17) is 20.7 Å². The highest BCUT2D eigenvalue weighted by Crippen LogP contribution is 2.24. The highest BCUT2D eigenvalue weighted by atomic mass is 16.5. The van der Waals surface area contributed by atoms with E-state index in [1.165, 1.54) is 0 Å². The number of carbonyl (C=O) groups is 2. The van der Waals surface area contributed by atoms with E-state index in [9.17, 15) is 9.59 Å². The maximum Gasteiger partial charge on any atom is 0.408 e. The Morgan fingerprint density at radius 3 is 2.37 bits per heavy atom. The monoisotopic (exact) mass is 266 g/mol. The molecule has 1 aromatic rings. The van der Waals surface area contributed by atoms with Crippen LogP contribution in [0.15, 0.2) is 24.3 Å². The van der Waals surface area contributed by atoms with Crippen LogP contribution in [0.3, 0.4) is 0 Å². The van der Waals surface area contributed by atoms with Crippen LogP contribution in [0, 0.1) is 0 Å². The lowest BCUT2D eigenvalue weighted by atomic mass is 10.2. The van der Waals surface area contributed by atoms with E-state index in [2.05, 4.69) is 0 Å². The Morgan fingerprint density at radius 2 is 1.89 bits per heavy atom. The van der Waals surface area contributed by atoms with E-state index in [-0.39, 0.29) is 13.0 Å². The molecule has 4 N–H and O–H groups in total. The summed E-state index contributed by atoms with van der Waals surface area (Å²) in [5.74, 6) is -0.624. The van der Waals surface area contributed by atoms with Gasteiger partial charge in [-0.2, -0.15) is 0 Å². The van der Waals surface area contributed by atoms with Crippen LogP contribution in [-0.2, 0) is 4.79 Å². The fraction of sp³-hybridized carbons (Fsp3) is 0.333. The SMILES string of the molecule is Nc1ccc(O[C@H]2C[C@H](C(=O)O)N(C(=O)O)C2)cc1. The Hall–Kier alpha value is -2.44. The van der Waals surface area contributed by atoms with Crippen LogP contribution >= 0.6 is 0 Å². The van der Waals surface area contributed by atoms with Gasteiger partial charge in [-0.3, -0.25) is 4.90 Å². The third kappa shape index (κ3) is 2.87. The topological polar surface area (TPSA) is 113 Å². The van der Waals surface area contributed by atoms with Gasteiger partial charge in [0.15, 0.2) is 0 Å². The normalized spacial score (nSPS) is 22.2. The van der Waals surface area contributed by atoms with Crippen LogP contribution in [0.2, 0.25) is 0 Å². The smallest absolute Gasteiger partial charge is 0.408 e. The number of rotatable bonds is 3. The zero-order valence-corrected chi connectivity index (χ0v) is 10.0. The summed E-state index contributed by atoms with van der Waals surface area (Å²) in [5, 5.41) is 17.9. The fourth-order valence-corrected chi connectivity index (χ4v) is 2.07. The fourth-order valence-electron chi connectivity index (χ4n) is 2.07. The number of hydrogen-bond donors (Lipinski definition) is 3. The van der Waals surface area contributed by atoms with Crippen molar-refractivity contribution in [1.29, 1.82) is 0 Å². The molecule has 2 atom stereocenters. The number of nitrogen functional groups attached to an aromatic ring is 1. The van der Waals surface area contributed by atoms with Crippen molar-refractivity contribution >= 4 is 17.7 Å². The number of nitrogens with two attached hydrogens (primary N) is 1. The number of nitrogens with zero attached hydrogens (tertiary/aromatic N) is 1. The molecule has 0 radical (unpaired) electrons. The van der Waals surface area contributed by atoms with Crippen LogP contribution in [0.4, 0.5) is 10.5 Å². The number of hydrogen-bond acceptors (Lipinski definition) is 4. The number of carboxylic acids is 1. The third-order valence-electron chi connectivity index (χ3n) is 2.98. The van der Waals surface area contributed by atoms with Gasteiger partial charge in [-0.05, 0) is 24.3 Å². The van der Waals surface area contributed by atoms with Gasteiger partial charge in [-0.15, -0.1) is 0 Å². The minimum Gasteiger partial charge on any atom is -0.488 e. The summed E-state index contributed by atoms with van der Waals surface area (Å²) in [6.07, 6.45) is -1.59. The molecule has 2 rings (SSSR count). The molecule has 0 aromatic heterocycles. The third-order valence-corrected chi connectivity index (χ3v) is 2.98. The summed E-state index contributed by atoms with van der Waals surface area (Å²) in [6.45, 7) is 0.0384. The van der Waals surface area contributed by atoms with Gasteiger partial charge in [-0.1, -0.05) is 0 Å². The van der Waals surface area contributed by atoms with Gasteiger partial charge in [0.2, 0.25) is 0 Å². The summed E-state index contributed by atoms with van der Waals surface area (Å²) in [6, 6.07) is 5.58. The minimum atomic E-state index is -1.25. The molecule has 0 spiro atoms. The number of ether oxygens (including phenoxy) is 1. The van der Waals surface area contributed by atoms with Crippen LogP contribution in [0.5, 0.6) is 5.75 Å². The summed E-state index contributed by atoms with van der Waals surface area (Å²) >= 11 is 0. The number of carboxylic acid groups (broad SMARTS) is 2. The van der Waals surface area contributed by atoms with Gasteiger partial charge in [-0.25, -0.2) is 9.59 Å². The summed E-state index contributed by atoms with van der Waals surface area (Å²) < 4.78 is 5.57. The molecule has 1 fully saturated rings. The molecule has 0 saturated carbocycles. The molecule has 0 unspecified atom stereocenters. The first-order chi connectivity index (χ1) is 8.97. The van der Waals surface area contributed by atoms with E-state index in [0.29, 0.717) is 11.4 Å². The van der Waals surface area contributed by atoms with Gasteiger partial charge >= 0.3 is 12.1 Å². The first-order valence-electron chi connectivity index (χ1n) is 5.72. The number of aliphatic carboxylic acids is 1. The standard InChI is InChI=1S/C12H14N2O5/c13-7-1-3-8(4-2-7)19-9-5-10(11(15)16)14(6-9)12(17)18/h1-4,9-10H,5-6,13H2,(H,15,16)(H,17,18)/t9-,10+/m0/s1. The lowest BCUT2D eigenvalue weighted by Gasteiger charge is -2.16. The van der Waals surface area contributed by atoms with Gasteiger partial charge in [0.25, 0.3) is 0 Å². The predicted molar refractivity (Wildman–Crippen MR) is 66.0 cm³/mol. The maximum atomic E-state index is 11.0. The number of benzene rings is 1. The van der Waals surface area contributed by atoms with E-state index in [0.717, 1.165) is 4.90 Å². The van der Waals surface area contributed by atoms with Crippen LogP contribution in [-0.4, -0.2) is 45.9 Å². The van der Waals surface area contributed by atoms with Crippen molar-refractivity contribution in [2.24, 2.45) is 0 Å². The van der Waals surface area contributed by atoms with Gasteiger partial charge in [0, 0.05) is 12.1 Å². The number of amides is 1. The van der Waals surface area contributed by atoms with E-state index in [1.807, 2.05) is 0 Å². The molecular weight excluding hydrogens is 252 g/mol. The Balaban J connectivity index is 2.05. The van der Waals surface area contributed by atoms with Crippen molar-refractivity contribution in [2.45, 2.75) is 18.6 Å². The van der Waals surface area contributed by atoms with Gasteiger partial charge < -0.3 is 20.7 Å². The lowest BCUT2D eigenvalue weighted by molar-refractivity contribution is -0.141. The minimum absolute atomic E-state index is 0.0384. The highest BCUT2D eigenvalue weighted by molar-refractivity contribution is 5.80. The molecule has 1 saturated heterocycles. The molecule has 1 amide bonds. The van der Waals surface area contributed by atoms with Gasteiger partial charge in [0.1, 0.15) is 17.9 Å². The summed E-state index contributed by atoms with van der Waals surface area (Å²) in [4.78, 5) is 22.8. The first kappa shape index (κ1) is 13.0. The first-order valence-corrected chi connectivity index (χ1v) is 5.72. The average molecular weight is 266 g/mol. The Morgan fingerprint density at radius 1 is 1.26 bits per heavy atom. The lowest BCUT2D eigenvalue weighted by Crippen LogP contribution is -2.39. The van der Waals surface area contributed by atoms with E-state index in [1.54, 1.807) is 24.3 Å². The van der Waals surface area contributed by atoms with Crippen molar-refractivity contribution in [3.63, 3.8) is 0 Å². The zero-order chi connectivity index (χ0) is 14.0. The quantitative estimate of drug-likeness (QED) is 0.699. The Kier molecular flexibility index (Phi) is 3.46. The van der Waals surface area contributed by atoms with E-state index < -0.39 is 24.2 Å². The van der Waals surface area contributed by atoms with Crippen molar-refractivity contribution in [3.05, 3.63) is 24.3 Å². The molecule has 7 heteroatoms. The summed E-state index contributed by atoms with van der Waals surface area (Å²) in [7, 11) is 0. The van der Waals surface area contributed by atoms with Crippen LogP contribution < -0.4 is 10.5 Å². The van der Waals surface area contributed by atoms with Crippen LogP contribution in [0.1, 0.15) is 6.42 Å². The van der Waals surface area contributed by atoms with Crippen molar-refractivity contribution in [1.82, 2.24) is 4.90 Å². The highest BCUT2D eigenvalue weighted by Gasteiger charge is 2.40. The zero-order valence-electron chi connectivity index (χ0n) is 10.0. The molecule has 1 aliphatic rings. The number of anilines is 1. The average Bonchev–Trinajstić information content (AvgIpc) is 2.76. The van der Waals surface area contributed by atoms with Crippen molar-refractivity contribution in [2.75, 3.05) is 12.3 Å². The molecule has 0 bridgehead atoms. The molecule has 102 valence electrons. The predicted octanol–water partition coefficient (Wildman–Crippen LogP) is 0.853. The van der Waals surface area contributed by atoms with Gasteiger partial charge in [0.05, 0.1) is 6.54 Å². The maximum absolute atomic E-state index is 11.0. The molecule has 7 nitrogen and oxygen atoms in total. The van der Waals surface area contributed by atoms with Crippen molar-refractivity contribution < 1.29 is 24.5 Å². The molecule has 1 heterocycles. The van der Waals surface area contributed by atoms with Crippen LogP contribution in [0.25, 0.3) is 0 Å².